The fraction of sp³-hybridized carbons (Fsp3) is 0.933. The molecule has 0 bridgehead atoms. The lowest BCUT2D eigenvalue weighted by molar-refractivity contribution is -0.139. The van der Waals surface area contributed by atoms with Gasteiger partial charge >= 0.3 is 5.97 Å². The molecule has 1 saturated heterocycles. The molecule has 0 unspecified atom stereocenters. The van der Waals surface area contributed by atoms with Crippen LogP contribution in [0.2, 0.25) is 0 Å². The second-order valence-corrected chi connectivity index (χ2v) is 6.38. The van der Waals surface area contributed by atoms with Crippen LogP contribution in [0.4, 0.5) is 0 Å². The van der Waals surface area contributed by atoms with Crippen molar-refractivity contribution in [2.75, 3.05) is 19.7 Å². The monoisotopic (exact) mass is 269 g/mol. The quantitative estimate of drug-likeness (QED) is 0.804. The third-order valence-corrected chi connectivity index (χ3v) is 4.75. The van der Waals surface area contributed by atoms with Gasteiger partial charge < -0.3 is 14.7 Å². The van der Waals surface area contributed by atoms with Crippen LogP contribution >= 0.6 is 0 Å². The molecule has 110 valence electrons. The van der Waals surface area contributed by atoms with Gasteiger partial charge in [0.25, 0.3) is 0 Å². The number of carbonyl (C=O) groups is 1. The lowest BCUT2D eigenvalue weighted by Gasteiger charge is -2.47. The molecule has 0 radical (unpaired) electrons. The number of ether oxygens (including phenoxy) is 1. The van der Waals surface area contributed by atoms with Crippen LogP contribution in [0.15, 0.2) is 0 Å². The molecule has 1 saturated carbocycles. The van der Waals surface area contributed by atoms with Crippen molar-refractivity contribution >= 4 is 5.97 Å². The van der Waals surface area contributed by atoms with Crippen LogP contribution in [0.5, 0.6) is 0 Å². The van der Waals surface area contributed by atoms with Crippen molar-refractivity contribution in [3.63, 3.8) is 0 Å². The van der Waals surface area contributed by atoms with Gasteiger partial charge in [-0.15, -0.1) is 0 Å². The molecule has 1 N–H and O–H groups in total. The maximum absolute atomic E-state index is 10.4. The van der Waals surface area contributed by atoms with E-state index in [1.807, 2.05) is 0 Å². The third kappa shape index (κ3) is 4.18. The summed E-state index contributed by atoms with van der Waals surface area (Å²) in [5, 5.41) is 8.58. The van der Waals surface area contributed by atoms with E-state index in [1.54, 1.807) is 0 Å². The van der Waals surface area contributed by atoms with Crippen molar-refractivity contribution in [1.82, 2.24) is 4.90 Å². The molecular weight excluding hydrogens is 242 g/mol. The number of carboxylic acid groups (broad SMARTS) is 1. The number of nitrogens with zero attached hydrogens (tertiary/aromatic N) is 1. The Balaban J connectivity index is 1.59. The molecule has 19 heavy (non-hydrogen) atoms. The number of carboxylic acids is 1. The first-order valence-electron chi connectivity index (χ1n) is 7.63. The highest BCUT2D eigenvalue weighted by Crippen LogP contribution is 2.37. The molecule has 0 spiro atoms. The van der Waals surface area contributed by atoms with Crippen molar-refractivity contribution in [1.29, 1.82) is 0 Å². The highest BCUT2D eigenvalue weighted by atomic mass is 16.5. The number of rotatable bonds is 6. The Morgan fingerprint density at radius 1 is 1.32 bits per heavy atom. The van der Waals surface area contributed by atoms with Crippen LogP contribution < -0.4 is 0 Å². The van der Waals surface area contributed by atoms with Crippen molar-refractivity contribution in [3.8, 4) is 0 Å². The van der Waals surface area contributed by atoms with Gasteiger partial charge in [0.15, 0.2) is 0 Å². The number of aliphatic carboxylic acids is 1. The molecule has 4 heteroatoms. The predicted molar refractivity (Wildman–Crippen MR) is 74.1 cm³/mol. The van der Waals surface area contributed by atoms with Gasteiger partial charge in [0.2, 0.25) is 0 Å². The summed E-state index contributed by atoms with van der Waals surface area (Å²) in [7, 11) is 0. The molecule has 0 amide bonds. The van der Waals surface area contributed by atoms with Crippen LogP contribution in [0.3, 0.4) is 0 Å². The van der Waals surface area contributed by atoms with Crippen molar-refractivity contribution < 1.29 is 14.6 Å². The van der Waals surface area contributed by atoms with Crippen molar-refractivity contribution in [2.24, 2.45) is 11.8 Å². The van der Waals surface area contributed by atoms with E-state index in [1.165, 1.54) is 12.8 Å². The van der Waals surface area contributed by atoms with Gasteiger partial charge in [0.05, 0.1) is 19.1 Å². The van der Waals surface area contributed by atoms with Crippen LogP contribution in [0.1, 0.15) is 46.0 Å². The van der Waals surface area contributed by atoms with Crippen LogP contribution in [0, 0.1) is 11.8 Å². The van der Waals surface area contributed by atoms with Crippen molar-refractivity contribution in [2.45, 2.75) is 58.1 Å². The number of likely N-dealkylation sites (tertiary alicyclic amines) is 1. The largest absolute Gasteiger partial charge is 0.481 e. The maximum Gasteiger partial charge on any atom is 0.305 e. The zero-order chi connectivity index (χ0) is 13.8. The Kier molecular flexibility index (Phi) is 5.22. The number of hydrogen-bond donors (Lipinski definition) is 1. The molecular formula is C15H27NO3. The van der Waals surface area contributed by atoms with Gasteiger partial charge in [-0.05, 0) is 37.5 Å². The standard InChI is InChI=1S/C15H27NO3/c1-11(2)12-9-13(10-12)16-6-3-14(4-7-16)19-8-5-15(17)18/h11-14H,3-10H2,1-2H3,(H,17,18). The first kappa shape index (κ1) is 14.8. The second-order valence-electron chi connectivity index (χ2n) is 6.38. The van der Waals surface area contributed by atoms with Gasteiger partial charge in [0, 0.05) is 19.1 Å². The summed E-state index contributed by atoms with van der Waals surface area (Å²) >= 11 is 0. The summed E-state index contributed by atoms with van der Waals surface area (Å²) in [6.45, 7) is 7.24. The number of hydrogen-bond acceptors (Lipinski definition) is 3. The maximum atomic E-state index is 10.4. The average Bonchev–Trinajstić information content (AvgIpc) is 2.28. The molecule has 4 nitrogen and oxygen atoms in total. The van der Waals surface area contributed by atoms with Gasteiger partial charge in [-0.25, -0.2) is 0 Å². The van der Waals surface area contributed by atoms with E-state index >= 15 is 0 Å². The summed E-state index contributed by atoms with van der Waals surface area (Å²) in [5.74, 6) is 0.981. The fourth-order valence-electron chi connectivity index (χ4n) is 3.19. The Labute approximate surface area is 116 Å². The molecule has 0 aromatic heterocycles. The highest BCUT2D eigenvalue weighted by Gasteiger charge is 2.36. The van der Waals surface area contributed by atoms with Gasteiger partial charge in [-0.2, -0.15) is 0 Å². The van der Waals surface area contributed by atoms with E-state index in [4.69, 9.17) is 9.84 Å². The van der Waals surface area contributed by atoms with Crippen LogP contribution in [-0.2, 0) is 9.53 Å². The smallest absolute Gasteiger partial charge is 0.305 e. The minimum Gasteiger partial charge on any atom is -0.481 e. The summed E-state index contributed by atoms with van der Waals surface area (Å²) in [5.41, 5.74) is 0. The molecule has 2 fully saturated rings. The third-order valence-electron chi connectivity index (χ3n) is 4.75. The molecule has 2 aliphatic rings. The Bertz CT molecular complexity index is 292. The second kappa shape index (κ2) is 6.71. The molecule has 2 rings (SSSR count). The van der Waals surface area contributed by atoms with E-state index < -0.39 is 5.97 Å². The van der Waals surface area contributed by atoms with Crippen LogP contribution in [-0.4, -0.2) is 47.8 Å². The number of piperidine rings is 1. The summed E-state index contributed by atoms with van der Waals surface area (Å²) in [6, 6.07) is 0.798. The molecule has 0 aromatic rings. The summed E-state index contributed by atoms with van der Waals surface area (Å²) in [4.78, 5) is 13.0. The highest BCUT2D eigenvalue weighted by molar-refractivity contribution is 5.66. The van der Waals surface area contributed by atoms with Gasteiger partial charge in [-0.3, -0.25) is 4.79 Å². The van der Waals surface area contributed by atoms with Gasteiger partial charge in [-0.1, -0.05) is 13.8 Å². The molecule has 1 aliphatic carbocycles. The molecule has 0 atom stereocenters. The zero-order valence-corrected chi connectivity index (χ0v) is 12.2. The first-order valence-corrected chi connectivity index (χ1v) is 7.63. The van der Waals surface area contributed by atoms with Crippen LogP contribution in [0.25, 0.3) is 0 Å². The molecule has 1 heterocycles. The molecule has 1 aliphatic heterocycles. The average molecular weight is 269 g/mol. The van der Waals surface area contributed by atoms with E-state index in [2.05, 4.69) is 18.7 Å². The minimum atomic E-state index is -0.772. The van der Waals surface area contributed by atoms with E-state index in [-0.39, 0.29) is 12.5 Å². The van der Waals surface area contributed by atoms with E-state index in [9.17, 15) is 4.79 Å². The molecule has 0 aromatic carbocycles. The minimum absolute atomic E-state index is 0.124. The fourth-order valence-corrected chi connectivity index (χ4v) is 3.19. The first-order chi connectivity index (χ1) is 9.06. The predicted octanol–water partition coefficient (Wildman–Crippen LogP) is 2.38. The summed E-state index contributed by atoms with van der Waals surface area (Å²) in [6.07, 6.45) is 5.24. The Morgan fingerprint density at radius 2 is 1.95 bits per heavy atom. The zero-order valence-electron chi connectivity index (χ0n) is 12.2. The van der Waals surface area contributed by atoms with Crippen molar-refractivity contribution in [3.05, 3.63) is 0 Å². The van der Waals surface area contributed by atoms with E-state index in [0.717, 1.165) is 43.8 Å². The lowest BCUT2D eigenvalue weighted by Crippen LogP contribution is -2.50. The lowest BCUT2D eigenvalue weighted by atomic mass is 9.72. The Morgan fingerprint density at radius 3 is 2.47 bits per heavy atom. The Hall–Kier alpha value is -0.610. The SMILES string of the molecule is CC(C)C1CC(N2CCC(OCCC(=O)O)CC2)C1. The van der Waals surface area contributed by atoms with Gasteiger partial charge in [0.1, 0.15) is 0 Å². The normalized spacial score (nSPS) is 29.4. The summed E-state index contributed by atoms with van der Waals surface area (Å²) < 4.78 is 5.63. The topological polar surface area (TPSA) is 49.8 Å². The van der Waals surface area contributed by atoms with E-state index in [0.29, 0.717) is 6.61 Å².